The molecule has 27 heavy (non-hydrogen) atoms. The molecular weight excluding hydrogens is 368 g/mol. The second kappa shape index (κ2) is 9.69. The van der Waals surface area contributed by atoms with Crippen molar-refractivity contribution in [2.75, 3.05) is 13.2 Å². The number of nitrogens with two attached hydrogens (primary N) is 1. The Hall–Kier alpha value is -2.15. The van der Waals surface area contributed by atoms with Crippen LogP contribution in [0.25, 0.3) is 0 Å². The molecule has 0 unspecified atom stereocenters. The molecule has 1 fully saturated rings. The lowest BCUT2D eigenvalue weighted by Gasteiger charge is -2.38. The number of carbonyl (C=O) groups is 3. The minimum Gasteiger partial charge on any atom is -0.479 e. The number of hydrogen-bond donors (Lipinski definition) is 6. The molecule has 0 aromatic rings. The van der Waals surface area contributed by atoms with Crippen LogP contribution in [0.5, 0.6) is 0 Å². The van der Waals surface area contributed by atoms with Gasteiger partial charge in [0.25, 0.3) is 0 Å². The van der Waals surface area contributed by atoms with Crippen LogP contribution < -0.4 is 11.1 Å². The first-order chi connectivity index (χ1) is 12.5. The third-order valence-corrected chi connectivity index (χ3v) is 4.09. The van der Waals surface area contributed by atoms with Gasteiger partial charge in [-0.3, -0.25) is 5.32 Å². The van der Waals surface area contributed by atoms with E-state index in [9.17, 15) is 29.7 Å². The van der Waals surface area contributed by atoms with Gasteiger partial charge in [-0.25, -0.2) is 14.4 Å². The summed E-state index contributed by atoms with van der Waals surface area (Å²) in [5.74, 6) is -1.58. The van der Waals surface area contributed by atoms with Gasteiger partial charge in [0.15, 0.2) is 12.3 Å². The Kier molecular flexibility index (Phi) is 8.21. The Morgan fingerprint density at radius 3 is 2.22 bits per heavy atom. The number of aliphatic hydroxyl groups is 3. The lowest BCUT2D eigenvalue weighted by Crippen LogP contribution is -2.64. The first-order valence-electron chi connectivity index (χ1n) is 8.28. The quantitative estimate of drug-likeness (QED) is 0.282. The third kappa shape index (κ3) is 6.50. The summed E-state index contributed by atoms with van der Waals surface area (Å²) in [6.07, 6.45) is -9.73. The van der Waals surface area contributed by atoms with E-state index < -0.39 is 54.2 Å². The highest BCUT2D eigenvalue weighted by Gasteiger charge is 2.47. The van der Waals surface area contributed by atoms with Gasteiger partial charge >= 0.3 is 18.2 Å². The average molecular weight is 394 g/mol. The molecule has 1 aliphatic rings. The van der Waals surface area contributed by atoms with Gasteiger partial charge in [-0.15, -0.1) is 0 Å². The van der Waals surface area contributed by atoms with E-state index in [1.807, 2.05) is 6.92 Å². The van der Waals surface area contributed by atoms with Crippen LogP contribution in [0.15, 0.2) is 0 Å². The fourth-order valence-electron chi connectivity index (χ4n) is 2.64. The molecule has 7 N–H and O–H groups in total. The van der Waals surface area contributed by atoms with Gasteiger partial charge < -0.3 is 40.4 Å². The highest BCUT2D eigenvalue weighted by Crippen LogP contribution is 2.25. The van der Waals surface area contributed by atoms with Gasteiger partial charge in [0.1, 0.15) is 31.5 Å². The van der Waals surface area contributed by atoms with Gasteiger partial charge in [0.05, 0.1) is 0 Å². The maximum absolute atomic E-state index is 12.0. The zero-order valence-corrected chi connectivity index (χ0v) is 15.0. The lowest BCUT2D eigenvalue weighted by atomic mass is 9.87. The Bertz CT molecular complexity index is 545. The maximum atomic E-state index is 12.0. The van der Waals surface area contributed by atoms with E-state index >= 15 is 0 Å². The number of primary amides is 1. The molecule has 6 atom stereocenters. The molecule has 0 aliphatic carbocycles. The molecule has 0 saturated carbocycles. The van der Waals surface area contributed by atoms with E-state index in [1.165, 1.54) is 0 Å². The van der Waals surface area contributed by atoms with E-state index in [0.29, 0.717) is 12.8 Å². The molecule has 1 saturated heterocycles. The molecule has 1 aliphatic heterocycles. The van der Waals surface area contributed by atoms with Crippen LogP contribution in [0.1, 0.15) is 26.7 Å². The van der Waals surface area contributed by atoms with E-state index in [2.05, 4.69) is 5.32 Å². The molecule has 156 valence electrons. The number of aliphatic carboxylic acids is 1. The molecule has 12 heteroatoms. The summed E-state index contributed by atoms with van der Waals surface area (Å²) in [5.41, 5.74) is 4.22. The number of hydrogen-bond acceptors (Lipinski definition) is 9. The molecule has 0 radical (unpaired) electrons. The van der Waals surface area contributed by atoms with Crippen molar-refractivity contribution in [2.45, 2.75) is 57.3 Å². The summed E-state index contributed by atoms with van der Waals surface area (Å²) < 4.78 is 14.7. The lowest BCUT2D eigenvalue weighted by molar-refractivity contribution is -0.232. The van der Waals surface area contributed by atoms with Crippen LogP contribution in [0, 0.1) is 5.41 Å². The largest absolute Gasteiger partial charge is 0.479 e. The molecule has 0 aromatic carbocycles. The molecule has 12 nitrogen and oxygen atoms in total. The summed E-state index contributed by atoms with van der Waals surface area (Å²) in [6.45, 7) is 3.33. The molecule has 0 bridgehead atoms. The van der Waals surface area contributed by atoms with E-state index in [-0.39, 0.29) is 13.2 Å². The number of ether oxygens (including phenoxy) is 3. The van der Waals surface area contributed by atoms with Crippen molar-refractivity contribution in [3.05, 3.63) is 0 Å². The Labute approximate surface area is 155 Å². The van der Waals surface area contributed by atoms with Crippen molar-refractivity contribution in [3.63, 3.8) is 0 Å². The van der Waals surface area contributed by atoms with Crippen molar-refractivity contribution in [1.29, 1.82) is 0 Å². The molecule has 0 aromatic heterocycles. The first kappa shape index (κ1) is 22.9. The predicted octanol–water partition coefficient (Wildman–Crippen LogP) is -1.49. The minimum atomic E-state index is -1.87. The summed E-state index contributed by atoms with van der Waals surface area (Å²) in [5, 5.41) is 40.2. The number of carboxylic acid groups (broad SMARTS) is 1. The van der Waals surface area contributed by atoms with E-state index in [4.69, 9.17) is 25.1 Å². The number of alkyl carbamates (subject to hydrolysis) is 1. The van der Waals surface area contributed by atoms with E-state index in [1.54, 1.807) is 6.92 Å². The Balaban J connectivity index is 2.66. The molecule has 2 amide bonds. The van der Waals surface area contributed by atoms with Gasteiger partial charge in [0.2, 0.25) is 0 Å². The molecule has 0 spiro atoms. The number of carbonyl (C=O) groups excluding carboxylic acids is 2. The smallest absolute Gasteiger partial charge is 0.409 e. The number of amides is 2. The summed E-state index contributed by atoms with van der Waals surface area (Å²) >= 11 is 0. The fourth-order valence-corrected chi connectivity index (χ4v) is 2.64. The summed E-state index contributed by atoms with van der Waals surface area (Å²) in [6, 6.07) is 0. The number of carboxylic acids is 1. The molecule has 1 heterocycles. The Morgan fingerprint density at radius 2 is 1.70 bits per heavy atom. The second-order valence-electron chi connectivity index (χ2n) is 6.68. The number of rotatable bonds is 8. The highest BCUT2D eigenvalue weighted by molar-refractivity contribution is 5.73. The number of nitrogens with one attached hydrogen (secondary N) is 1. The van der Waals surface area contributed by atoms with E-state index in [0.717, 1.165) is 0 Å². The van der Waals surface area contributed by atoms with Crippen molar-refractivity contribution < 1.29 is 49.0 Å². The van der Waals surface area contributed by atoms with Crippen LogP contribution >= 0.6 is 0 Å². The zero-order chi connectivity index (χ0) is 20.8. The normalized spacial score (nSPS) is 30.0. The summed E-state index contributed by atoms with van der Waals surface area (Å²) in [7, 11) is 0. The molecular formula is C15H26N2O10. The predicted molar refractivity (Wildman–Crippen MR) is 87.4 cm³/mol. The van der Waals surface area contributed by atoms with Gasteiger partial charge in [-0.05, 0) is 6.42 Å². The standard InChI is InChI=1S/C15H26N2O10/c1-3-4-15(2,5-25-13(16)23)6-26-14(24)17-11-9(20)7(18)8(19)10(27-11)12(21)22/h7-11,18-20H,3-6H2,1-2H3,(H2,16,23)(H,17,24)(H,21,22)/t7-,8-,9+,10-,11+,15+/m0/s1. The van der Waals surface area contributed by atoms with Crippen molar-refractivity contribution in [1.82, 2.24) is 5.32 Å². The Morgan fingerprint density at radius 1 is 1.11 bits per heavy atom. The van der Waals surface area contributed by atoms with Crippen molar-refractivity contribution in [2.24, 2.45) is 11.1 Å². The van der Waals surface area contributed by atoms with Crippen LogP contribution in [0.4, 0.5) is 9.59 Å². The van der Waals surface area contributed by atoms with Crippen molar-refractivity contribution >= 4 is 18.2 Å². The third-order valence-electron chi connectivity index (χ3n) is 4.09. The van der Waals surface area contributed by atoms with Crippen molar-refractivity contribution in [3.8, 4) is 0 Å². The van der Waals surface area contributed by atoms with Crippen LogP contribution in [0.3, 0.4) is 0 Å². The fraction of sp³-hybridized carbons (Fsp3) is 0.800. The van der Waals surface area contributed by atoms with Crippen LogP contribution in [0.2, 0.25) is 0 Å². The number of aliphatic hydroxyl groups excluding tert-OH is 3. The average Bonchev–Trinajstić information content (AvgIpc) is 2.59. The zero-order valence-electron chi connectivity index (χ0n) is 15.0. The second-order valence-corrected chi connectivity index (χ2v) is 6.68. The van der Waals surface area contributed by atoms with Gasteiger partial charge in [0, 0.05) is 5.41 Å². The maximum Gasteiger partial charge on any atom is 0.409 e. The minimum absolute atomic E-state index is 0.0853. The summed E-state index contributed by atoms with van der Waals surface area (Å²) in [4.78, 5) is 33.8. The molecule has 1 rings (SSSR count). The van der Waals surface area contributed by atoms with Gasteiger partial charge in [-0.2, -0.15) is 0 Å². The van der Waals surface area contributed by atoms with Gasteiger partial charge in [-0.1, -0.05) is 20.3 Å². The van der Waals surface area contributed by atoms with Crippen LogP contribution in [-0.2, 0) is 19.0 Å². The monoisotopic (exact) mass is 394 g/mol. The highest BCUT2D eigenvalue weighted by atomic mass is 16.6. The first-order valence-corrected chi connectivity index (χ1v) is 8.28. The SMILES string of the molecule is CCC[C@](C)(COC(N)=O)COC(=O)N[C@@H]1O[C@H](C(=O)O)[C@@H](O)[C@H](O)[C@H]1O. The topological polar surface area (TPSA) is 198 Å². The van der Waals surface area contributed by atoms with Crippen LogP contribution in [-0.4, -0.2) is 82.4 Å².